The van der Waals surface area contributed by atoms with Gasteiger partial charge in [-0.1, -0.05) is 115 Å². The van der Waals surface area contributed by atoms with Crippen molar-refractivity contribution in [3.8, 4) is 32.0 Å². The number of benzene rings is 6. The molecule has 7 rings (SSSR count). The molecule has 1 heteroatoms. The van der Waals surface area contributed by atoms with Crippen LogP contribution >= 0.6 is 11.3 Å². The van der Waals surface area contributed by atoms with E-state index in [-0.39, 0.29) is 0 Å². The zero-order valence-corrected chi connectivity index (χ0v) is 19.9. The smallest absolute Gasteiger partial charge is 0.0355 e. The highest BCUT2D eigenvalue weighted by Gasteiger charge is 2.11. The SMILES string of the molecule is c1ccc2c(-c3ccc(-c4ccc(-c5c6ccccc6cc6ccccc56)cc4)s3)cccc2c1. The van der Waals surface area contributed by atoms with Gasteiger partial charge >= 0.3 is 0 Å². The first-order chi connectivity index (χ1) is 17.3. The first-order valence-corrected chi connectivity index (χ1v) is 12.8. The van der Waals surface area contributed by atoms with E-state index in [4.69, 9.17) is 0 Å². The summed E-state index contributed by atoms with van der Waals surface area (Å²) < 4.78 is 0. The van der Waals surface area contributed by atoms with Gasteiger partial charge in [-0.25, -0.2) is 0 Å². The summed E-state index contributed by atoms with van der Waals surface area (Å²) in [6.45, 7) is 0. The molecule has 164 valence electrons. The van der Waals surface area contributed by atoms with Gasteiger partial charge in [0.1, 0.15) is 0 Å². The Bertz CT molecular complexity index is 1780. The summed E-state index contributed by atoms with van der Waals surface area (Å²) in [7, 11) is 0. The van der Waals surface area contributed by atoms with Crippen LogP contribution in [0.15, 0.2) is 133 Å². The normalized spacial score (nSPS) is 11.4. The van der Waals surface area contributed by atoms with Crippen molar-refractivity contribution in [2.75, 3.05) is 0 Å². The topological polar surface area (TPSA) is 0 Å². The summed E-state index contributed by atoms with van der Waals surface area (Å²) in [6, 6.07) is 48.5. The monoisotopic (exact) mass is 462 g/mol. The molecule has 0 aliphatic heterocycles. The second kappa shape index (κ2) is 8.23. The molecule has 0 unspecified atom stereocenters. The Morgan fingerprint density at radius 3 is 1.63 bits per heavy atom. The molecule has 0 saturated heterocycles. The Kier molecular flexibility index (Phi) is 4.75. The molecule has 6 aromatic carbocycles. The second-order valence-corrected chi connectivity index (χ2v) is 10.0. The predicted octanol–water partition coefficient (Wildman–Crippen LogP) is 10.2. The van der Waals surface area contributed by atoms with E-state index in [2.05, 4.69) is 133 Å². The molecular formula is C34H22S. The molecule has 0 fully saturated rings. The molecule has 0 spiro atoms. The largest absolute Gasteiger partial charge is 0.135 e. The van der Waals surface area contributed by atoms with E-state index < -0.39 is 0 Å². The molecule has 0 saturated carbocycles. The van der Waals surface area contributed by atoms with E-state index in [1.165, 1.54) is 64.3 Å². The molecule has 0 aliphatic rings. The molecule has 0 radical (unpaired) electrons. The molecule has 7 aromatic rings. The quantitative estimate of drug-likeness (QED) is 0.229. The van der Waals surface area contributed by atoms with Crippen LogP contribution in [0.2, 0.25) is 0 Å². The van der Waals surface area contributed by atoms with E-state index in [0.717, 1.165) is 0 Å². The van der Waals surface area contributed by atoms with Crippen molar-refractivity contribution in [1.82, 2.24) is 0 Å². The predicted molar refractivity (Wildman–Crippen MR) is 153 cm³/mol. The van der Waals surface area contributed by atoms with E-state index in [1.54, 1.807) is 0 Å². The zero-order chi connectivity index (χ0) is 23.2. The Balaban J connectivity index is 1.31. The van der Waals surface area contributed by atoms with Crippen LogP contribution < -0.4 is 0 Å². The second-order valence-electron chi connectivity index (χ2n) is 8.96. The molecule has 35 heavy (non-hydrogen) atoms. The van der Waals surface area contributed by atoms with Crippen molar-refractivity contribution in [2.24, 2.45) is 0 Å². The van der Waals surface area contributed by atoms with Crippen LogP contribution in [0.3, 0.4) is 0 Å². The fraction of sp³-hybridized carbons (Fsp3) is 0. The zero-order valence-electron chi connectivity index (χ0n) is 19.1. The molecule has 0 atom stereocenters. The minimum atomic E-state index is 1.26. The third-order valence-corrected chi connectivity index (χ3v) is 8.06. The van der Waals surface area contributed by atoms with Crippen molar-refractivity contribution >= 4 is 43.7 Å². The summed E-state index contributed by atoms with van der Waals surface area (Å²) in [5.74, 6) is 0. The highest BCUT2D eigenvalue weighted by Crippen LogP contribution is 2.40. The third-order valence-electron chi connectivity index (χ3n) is 6.89. The highest BCUT2D eigenvalue weighted by atomic mass is 32.1. The Hall–Kier alpha value is -4.20. The van der Waals surface area contributed by atoms with Gasteiger partial charge < -0.3 is 0 Å². The molecule has 0 bridgehead atoms. The van der Waals surface area contributed by atoms with Crippen LogP contribution in [0.1, 0.15) is 0 Å². The Morgan fingerprint density at radius 1 is 0.371 bits per heavy atom. The van der Waals surface area contributed by atoms with Crippen LogP contribution in [0.5, 0.6) is 0 Å². The lowest BCUT2D eigenvalue weighted by molar-refractivity contribution is 1.66. The summed E-state index contributed by atoms with van der Waals surface area (Å²) in [5.41, 5.74) is 5.13. The van der Waals surface area contributed by atoms with Crippen LogP contribution in [-0.2, 0) is 0 Å². The first-order valence-electron chi connectivity index (χ1n) is 11.9. The number of hydrogen-bond acceptors (Lipinski definition) is 1. The lowest BCUT2D eigenvalue weighted by Gasteiger charge is -2.12. The highest BCUT2D eigenvalue weighted by molar-refractivity contribution is 7.18. The van der Waals surface area contributed by atoms with Crippen molar-refractivity contribution in [2.45, 2.75) is 0 Å². The molecule has 0 nitrogen and oxygen atoms in total. The van der Waals surface area contributed by atoms with Gasteiger partial charge in [0.25, 0.3) is 0 Å². The molecule has 1 aromatic heterocycles. The lowest BCUT2D eigenvalue weighted by atomic mass is 9.91. The van der Waals surface area contributed by atoms with Crippen molar-refractivity contribution in [3.05, 3.63) is 133 Å². The number of thiophene rings is 1. The molecule has 0 amide bonds. The van der Waals surface area contributed by atoms with E-state index in [9.17, 15) is 0 Å². The van der Waals surface area contributed by atoms with Gasteiger partial charge in [-0.05, 0) is 72.8 Å². The summed E-state index contributed by atoms with van der Waals surface area (Å²) >= 11 is 1.86. The van der Waals surface area contributed by atoms with Gasteiger partial charge in [-0.2, -0.15) is 0 Å². The maximum atomic E-state index is 2.29. The van der Waals surface area contributed by atoms with Crippen LogP contribution in [0, 0.1) is 0 Å². The average Bonchev–Trinajstić information content (AvgIpc) is 3.42. The van der Waals surface area contributed by atoms with E-state index in [1.807, 2.05) is 11.3 Å². The summed E-state index contributed by atoms with van der Waals surface area (Å²) in [4.78, 5) is 2.60. The number of fused-ring (bicyclic) bond motifs is 3. The van der Waals surface area contributed by atoms with Gasteiger partial charge in [0.05, 0.1) is 0 Å². The van der Waals surface area contributed by atoms with Gasteiger partial charge in [0.2, 0.25) is 0 Å². The summed E-state index contributed by atoms with van der Waals surface area (Å²) in [5, 5.41) is 7.75. The first kappa shape index (κ1) is 20.2. The van der Waals surface area contributed by atoms with Crippen LogP contribution in [0.4, 0.5) is 0 Å². The van der Waals surface area contributed by atoms with Gasteiger partial charge in [-0.15, -0.1) is 11.3 Å². The van der Waals surface area contributed by atoms with E-state index in [0.29, 0.717) is 0 Å². The van der Waals surface area contributed by atoms with Crippen LogP contribution in [0.25, 0.3) is 64.3 Å². The number of rotatable bonds is 3. The summed E-state index contributed by atoms with van der Waals surface area (Å²) in [6.07, 6.45) is 0. The van der Waals surface area contributed by atoms with Gasteiger partial charge in [0.15, 0.2) is 0 Å². The lowest BCUT2D eigenvalue weighted by Crippen LogP contribution is -1.85. The maximum absolute atomic E-state index is 2.29. The maximum Gasteiger partial charge on any atom is 0.0355 e. The van der Waals surface area contributed by atoms with Gasteiger partial charge in [-0.3, -0.25) is 0 Å². The van der Waals surface area contributed by atoms with E-state index >= 15 is 0 Å². The molecule has 0 N–H and O–H groups in total. The minimum Gasteiger partial charge on any atom is -0.135 e. The Labute approximate surface area is 208 Å². The van der Waals surface area contributed by atoms with Gasteiger partial charge in [0, 0.05) is 9.75 Å². The standard InChI is InChI=1S/C34H22S/c1-4-12-28-23(8-1)11-7-15-31(28)33-21-20-32(35-33)24-16-18-25(19-17-24)34-29-13-5-2-9-26(29)22-27-10-3-6-14-30(27)34/h1-22H. The fourth-order valence-electron chi connectivity index (χ4n) is 5.20. The molecule has 1 heterocycles. The van der Waals surface area contributed by atoms with Crippen LogP contribution in [-0.4, -0.2) is 0 Å². The molecular weight excluding hydrogens is 440 g/mol. The van der Waals surface area contributed by atoms with Crippen molar-refractivity contribution in [3.63, 3.8) is 0 Å². The molecule has 0 aliphatic carbocycles. The third kappa shape index (κ3) is 3.44. The number of hydrogen-bond donors (Lipinski definition) is 0. The minimum absolute atomic E-state index is 1.26. The van der Waals surface area contributed by atoms with Crippen molar-refractivity contribution in [1.29, 1.82) is 0 Å². The van der Waals surface area contributed by atoms with Crippen molar-refractivity contribution < 1.29 is 0 Å². The Morgan fingerprint density at radius 2 is 0.914 bits per heavy atom. The average molecular weight is 463 g/mol. The fourth-order valence-corrected chi connectivity index (χ4v) is 6.25.